The molecule has 0 bridgehead atoms. The van der Waals surface area contributed by atoms with Gasteiger partial charge >= 0.3 is 0 Å². The second kappa shape index (κ2) is 8.15. The molecule has 0 atom stereocenters. The summed E-state index contributed by atoms with van der Waals surface area (Å²) in [7, 11) is 4.28. The smallest absolute Gasteiger partial charge is 0.0488 e. The predicted molar refractivity (Wildman–Crippen MR) is 142 cm³/mol. The molecule has 0 amide bonds. The van der Waals surface area contributed by atoms with Crippen LogP contribution in [0.15, 0.2) is 60.7 Å². The molecular weight excluding hydrogens is 402 g/mol. The topological polar surface area (TPSA) is 13.1 Å². The zero-order valence-electron chi connectivity index (χ0n) is 20.5. The Morgan fingerprint density at radius 1 is 0.697 bits per heavy atom. The summed E-state index contributed by atoms with van der Waals surface area (Å²) in [5.74, 6) is 0. The molecule has 33 heavy (non-hydrogen) atoms. The first-order chi connectivity index (χ1) is 16.0. The molecule has 0 fully saturated rings. The summed E-state index contributed by atoms with van der Waals surface area (Å²) in [6.07, 6.45) is 0. The number of benzene rings is 3. The van der Waals surface area contributed by atoms with E-state index in [1.807, 2.05) is 0 Å². The Morgan fingerprint density at radius 3 is 1.76 bits per heavy atom. The van der Waals surface area contributed by atoms with Gasteiger partial charge in [-0.3, -0.25) is 0 Å². The van der Waals surface area contributed by atoms with Crippen LogP contribution >= 0.6 is 0 Å². The number of hydrogen-bond donors (Lipinski definition) is 0. The Labute approximate surface area is 196 Å². The van der Waals surface area contributed by atoms with Crippen molar-refractivity contribution in [2.45, 2.75) is 40.8 Å². The van der Waals surface area contributed by atoms with Gasteiger partial charge in [0.25, 0.3) is 0 Å². The molecule has 167 valence electrons. The molecular formula is C30H32N3. The third-order valence-electron chi connectivity index (χ3n) is 7.05. The predicted octanol–water partition coefficient (Wildman–Crippen LogP) is 7.45. The first-order valence-corrected chi connectivity index (χ1v) is 11.9. The number of hydrogen-bond acceptors (Lipinski definition) is 1. The highest BCUT2D eigenvalue weighted by Crippen LogP contribution is 2.47. The molecule has 3 aromatic carbocycles. The molecule has 2 aromatic heterocycles. The fourth-order valence-corrected chi connectivity index (χ4v) is 5.62. The minimum Gasteiger partial charge on any atom is -0.377 e. The van der Waals surface area contributed by atoms with Crippen molar-refractivity contribution in [3.05, 3.63) is 78.1 Å². The van der Waals surface area contributed by atoms with Gasteiger partial charge < -0.3 is 14.0 Å². The van der Waals surface area contributed by atoms with E-state index in [9.17, 15) is 0 Å². The van der Waals surface area contributed by atoms with Crippen molar-refractivity contribution >= 4 is 27.5 Å². The van der Waals surface area contributed by atoms with Gasteiger partial charge in [-0.05, 0) is 52.0 Å². The number of para-hydroxylation sites is 2. The number of anilines is 1. The van der Waals surface area contributed by atoms with Gasteiger partial charge in [0, 0.05) is 88.3 Å². The highest BCUT2D eigenvalue weighted by Gasteiger charge is 2.25. The van der Waals surface area contributed by atoms with Crippen molar-refractivity contribution in [1.29, 1.82) is 0 Å². The lowest BCUT2D eigenvalue weighted by Crippen LogP contribution is -2.11. The van der Waals surface area contributed by atoms with Gasteiger partial charge in [0.1, 0.15) is 0 Å². The number of aromatic nitrogens is 2. The SMILES string of the molecule is CCn1c(C)c(-c2[c]ccc(N(C)C)c2-c2c(C)n(CC)c3ccccc23)c2ccccc21. The Hall–Kier alpha value is -3.46. The van der Waals surface area contributed by atoms with E-state index in [1.165, 1.54) is 61.1 Å². The molecule has 0 aliphatic carbocycles. The molecule has 0 saturated heterocycles. The molecule has 1 radical (unpaired) electrons. The molecule has 5 rings (SSSR count). The van der Waals surface area contributed by atoms with Gasteiger partial charge in [-0.15, -0.1) is 0 Å². The van der Waals surface area contributed by atoms with Gasteiger partial charge in [0.05, 0.1) is 0 Å². The lowest BCUT2D eigenvalue weighted by Gasteiger charge is -2.22. The molecule has 2 heterocycles. The first kappa shape index (κ1) is 21.4. The van der Waals surface area contributed by atoms with E-state index in [4.69, 9.17) is 0 Å². The maximum Gasteiger partial charge on any atom is 0.0488 e. The summed E-state index contributed by atoms with van der Waals surface area (Å²) in [4.78, 5) is 2.23. The van der Waals surface area contributed by atoms with Crippen molar-refractivity contribution in [2.24, 2.45) is 0 Å². The number of fused-ring (bicyclic) bond motifs is 2. The molecule has 0 N–H and O–H groups in total. The van der Waals surface area contributed by atoms with E-state index in [2.05, 4.69) is 123 Å². The monoisotopic (exact) mass is 434 g/mol. The minimum absolute atomic E-state index is 0.948. The second-order valence-electron chi connectivity index (χ2n) is 8.95. The van der Waals surface area contributed by atoms with Crippen molar-refractivity contribution in [1.82, 2.24) is 9.13 Å². The molecule has 0 unspecified atom stereocenters. The Bertz CT molecular complexity index is 1480. The third-order valence-corrected chi connectivity index (χ3v) is 7.05. The summed E-state index contributed by atoms with van der Waals surface area (Å²) >= 11 is 0. The molecule has 0 spiro atoms. The van der Waals surface area contributed by atoms with E-state index < -0.39 is 0 Å². The lowest BCUT2D eigenvalue weighted by molar-refractivity contribution is 0.770. The Balaban J connectivity index is 1.96. The van der Waals surface area contributed by atoms with Crippen LogP contribution in [0, 0.1) is 19.9 Å². The van der Waals surface area contributed by atoms with Crippen LogP contribution in [-0.2, 0) is 13.1 Å². The van der Waals surface area contributed by atoms with Crippen LogP contribution in [0.2, 0.25) is 0 Å². The quantitative estimate of drug-likeness (QED) is 0.280. The zero-order chi connectivity index (χ0) is 23.3. The van der Waals surface area contributed by atoms with Crippen LogP contribution in [0.1, 0.15) is 25.2 Å². The van der Waals surface area contributed by atoms with Crippen LogP contribution in [0.5, 0.6) is 0 Å². The third kappa shape index (κ3) is 3.10. The van der Waals surface area contributed by atoms with Crippen molar-refractivity contribution in [3.63, 3.8) is 0 Å². The largest absolute Gasteiger partial charge is 0.377 e. The maximum absolute atomic E-state index is 3.69. The van der Waals surface area contributed by atoms with E-state index >= 15 is 0 Å². The lowest BCUT2D eigenvalue weighted by atomic mass is 9.89. The molecule has 0 saturated carbocycles. The fourth-order valence-electron chi connectivity index (χ4n) is 5.62. The van der Waals surface area contributed by atoms with E-state index in [-0.39, 0.29) is 0 Å². The summed E-state index contributed by atoms with van der Waals surface area (Å²) in [5, 5.41) is 2.60. The van der Waals surface area contributed by atoms with Crippen LogP contribution in [-0.4, -0.2) is 23.2 Å². The average Bonchev–Trinajstić information content (AvgIpc) is 3.27. The van der Waals surface area contributed by atoms with Gasteiger partial charge in [-0.25, -0.2) is 0 Å². The van der Waals surface area contributed by atoms with Crippen molar-refractivity contribution < 1.29 is 0 Å². The number of aryl methyl sites for hydroxylation is 2. The molecule has 0 aliphatic rings. The van der Waals surface area contributed by atoms with E-state index in [0.717, 1.165) is 13.1 Å². The zero-order valence-corrected chi connectivity index (χ0v) is 20.5. The Kier molecular flexibility index (Phi) is 5.28. The van der Waals surface area contributed by atoms with Crippen LogP contribution in [0.25, 0.3) is 44.1 Å². The minimum atomic E-state index is 0.948. The maximum atomic E-state index is 3.69. The highest BCUT2D eigenvalue weighted by molar-refractivity contribution is 6.09. The molecule has 3 heteroatoms. The highest BCUT2D eigenvalue weighted by atomic mass is 15.1. The molecule has 0 aliphatic heterocycles. The normalized spacial score (nSPS) is 11.6. The van der Waals surface area contributed by atoms with Crippen LogP contribution < -0.4 is 4.90 Å². The average molecular weight is 435 g/mol. The van der Waals surface area contributed by atoms with Gasteiger partial charge in [0.2, 0.25) is 0 Å². The van der Waals surface area contributed by atoms with Gasteiger partial charge in [-0.1, -0.05) is 42.5 Å². The van der Waals surface area contributed by atoms with Gasteiger partial charge in [0.15, 0.2) is 0 Å². The summed E-state index contributed by atoms with van der Waals surface area (Å²) in [5.41, 5.74) is 11.5. The first-order valence-electron chi connectivity index (χ1n) is 11.9. The molecule has 5 aromatic rings. The number of nitrogens with zero attached hydrogens (tertiary/aromatic N) is 3. The fraction of sp³-hybridized carbons (Fsp3) is 0.267. The summed E-state index contributed by atoms with van der Waals surface area (Å²) < 4.78 is 4.86. The van der Waals surface area contributed by atoms with Crippen molar-refractivity contribution in [2.75, 3.05) is 19.0 Å². The van der Waals surface area contributed by atoms with Crippen LogP contribution in [0.4, 0.5) is 5.69 Å². The van der Waals surface area contributed by atoms with E-state index in [1.54, 1.807) is 0 Å². The molecule has 3 nitrogen and oxygen atoms in total. The van der Waals surface area contributed by atoms with Crippen LogP contribution in [0.3, 0.4) is 0 Å². The van der Waals surface area contributed by atoms with Gasteiger partial charge in [-0.2, -0.15) is 0 Å². The second-order valence-corrected chi connectivity index (χ2v) is 8.95. The summed E-state index contributed by atoms with van der Waals surface area (Å²) in [6, 6.07) is 25.5. The van der Waals surface area contributed by atoms with Crippen molar-refractivity contribution in [3.8, 4) is 22.3 Å². The Morgan fingerprint density at radius 2 is 1.21 bits per heavy atom. The standard InChI is InChI=1S/C30H32N3/c1-7-32-20(3)28(22-14-9-11-17-25(22)32)24-16-13-19-27(31(5)6)30(24)29-21(4)33(8-2)26-18-12-10-15-23(26)29/h9-15,17-19H,7-8H2,1-6H3. The van der Waals surface area contributed by atoms with E-state index in [0.29, 0.717) is 0 Å². The summed E-state index contributed by atoms with van der Waals surface area (Å²) in [6.45, 7) is 10.9. The number of rotatable bonds is 5.